The van der Waals surface area contributed by atoms with Gasteiger partial charge in [0.2, 0.25) is 0 Å². The highest BCUT2D eigenvalue weighted by Crippen LogP contribution is 2.17. The molecule has 96 valence electrons. The molecule has 0 spiro atoms. The Hall–Kier alpha value is -1.07. The number of hydrogen-bond donors (Lipinski definition) is 1. The Labute approximate surface area is 103 Å². The minimum absolute atomic E-state index is 0.0850. The van der Waals surface area contributed by atoms with Crippen LogP contribution in [0.5, 0.6) is 5.75 Å². The van der Waals surface area contributed by atoms with Crippen LogP contribution < -0.4 is 10.1 Å². The van der Waals surface area contributed by atoms with Crippen LogP contribution in [0.25, 0.3) is 0 Å². The van der Waals surface area contributed by atoms with E-state index in [-0.39, 0.29) is 11.9 Å². The fourth-order valence-electron chi connectivity index (χ4n) is 1.35. The summed E-state index contributed by atoms with van der Waals surface area (Å²) in [7, 11) is -1.45. The largest absolute Gasteiger partial charge is 0.491 e. The maximum atomic E-state index is 11.8. The highest BCUT2D eigenvalue weighted by Gasteiger charge is 2.13. The molecule has 1 aromatic carbocycles. The molecule has 1 rings (SSSR count). The predicted molar refractivity (Wildman–Crippen MR) is 68.2 cm³/mol. The van der Waals surface area contributed by atoms with Gasteiger partial charge in [-0.1, -0.05) is 0 Å². The van der Waals surface area contributed by atoms with E-state index in [2.05, 4.69) is 5.32 Å². The van der Waals surface area contributed by atoms with Gasteiger partial charge in [0.15, 0.2) is 9.84 Å². The van der Waals surface area contributed by atoms with Crippen LogP contribution in [0.1, 0.15) is 13.8 Å². The molecule has 5 heteroatoms. The number of sulfone groups is 1. The van der Waals surface area contributed by atoms with Crippen LogP contribution in [-0.2, 0) is 9.84 Å². The van der Waals surface area contributed by atoms with Crippen LogP contribution in [0.3, 0.4) is 0 Å². The lowest BCUT2D eigenvalue weighted by Crippen LogP contribution is -2.19. The Morgan fingerprint density at radius 1 is 1.24 bits per heavy atom. The van der Waals surface area contributed by atoms with Crippen molar-refractivity contribution in [1.29, 1.82) is 0 Å². The lowest BCUT2D eigenvalue weighted by molar-refractivity contribution is 0.242. The molecule has 0 fully saturated rings. The van der Waals surface area contributed by atoms with Crippen LogP contribution in [0, 0.1) is 0 Å². The van der Waals surface area contributed by atoms with Crippen molar-refractivity contribution in [1.82, 2.24) is 5.32 Å². The first kappa shape index (κ1) is 14.0. The third-order valence-electron chi connectivity index (χ3n) is 2.18. The molecule has 0 amide bonds. The molecule has 0 aliphatic carbocycles. The average molecular weight is 257 g/mol. The van der Waals surface area contributed by atoms with Crippen molar-refractivity contribution in [2.75, 3.05) is 19.3 Å². The van der Waals surface area contributed by atoms with Crippen LogP contribution in [-0.4, -0.2) is 33.9 Å². The van der Waals surface area contributed by atoms with E-state index in [9.17, 15) is 8.42 Å². The number of ether oxygens (including phenoxy) is 1. The summed E-state index contributed by atoms with van der Waals surface area (Å²) in [6.45, 7) is 4.31. The van der Waals surface area contributed by atoms with Gasteiger partial charge in [-0.25, -0.2) is 8.42 Å². The molecule has 0 unspecified atom stereocenters. The molecule has 0 bridgehead atoms. The van der Waals surface area contributed by atoms with Gasteiger partial charge >= 0.3 is 0 Å². The standard InChI is InChI=1S/C12H19NO3S/c1-10(2)16-11-4-6-12(7-5-11)17(14,15)9-8-13-3/h4-7,10,13H,8-9H2,1-3H3. The van der Waals surface area contributed by atoms with E-state index in [1.165, 1.54) is 0 Å². The van der Waals surface area contributed by atoms with Crippen molar-refractivity contribution < 1.29 is 13.2 Å². The molecule has 0 atom stereocenters. The van der Waals surface area contributed by atoms with E-state index in [1.807, 2.05) is 13.8 Å². The molecule has 0 heterocycles. The Balaban J connectivity index is 2.80. The monoisotopic (exact) mass is 257 g/mol. The quantitative estimate of drug-likeness (QED) is 0.838. The second-order valence-corrected chi connectivity index (χ2v) is 6.17. The zero-order chi connectivity index (χ0) is 12.9. The summed E-state index contributed by atoms with van der Waals surface area (Å²) in [6, 6.07) is 6.55. The average Bonchev–Trinajstić information content (AvgIpc) is 2.26. The van der Waals surface area contributed by atoms with Crippen molar-refractivity contribution in [3.63, 3.8) is 0 Å². The first-order valence-electron chi connectivity index (χ1n) is 5.60. The van der Waals surface area contributed by atoms with E-state index >= 15 is 0 Å². The number of hydrogen-bond acceptors (Lipinski definition) is 4. The number of rotatable bonds is 6. The van der Waals surface area contributed by atoms with Crippen molar-refractivity contribution >= 4 is 9.84 Å². The summed E-state index contributed by atoms with van der Waals surface area (Å²) in [5, 5.41) is 2.83. The lowest BCUT2D eigenvalue weighted by atomic mass is 10.3. The summed E-state index contributed by atoms with van der Waals surface area (Å²) < 4.78 is 29.1. The van der Waals surface area contributed by atoms with Crippen LogP contribution in [0.4, 0.5) is 0 Å². The highest BCUT2D eigenvalue weighted by molar-refractivity contribution is 7.91. The van der Waals surface area contributed by atoms with Crippen molar-refractivity contribution in [3.05, 3.63) is 24.3 Å². The Kier molecular flexibility index (Phi) is 4.96. The molecule has 0 saturated heterocycles. The summed E-state index contributed by atoms with van der Waals surface area (Å²) in [6.07, 6.45) is 0.0850. The van der Waals surface area contributed by atoms with Gasteiger partial charge in [0.25, 0.3) is 0 Å². The second kappa shape index (κ2) is 6.02. The van der Waals surface area contributed by atoms with Crippen LogP contribution >= 0.6 is 0 Å². The smallest absolute Gasteiger partial charge is 0.179 e. The van der Waals surface area contributed by atoms with Crippen LogP contribution in [0.15, 0.2) is 29.2 Å². The topological polar surface area (TPSA) is 55.4 Å². The fourth-order valence-corrected chi connectivity index (χ4v) is 2.61. The third kappa shape index (κ3) is 4.36. The van der Waals surface area contributed by atoms with Crippen LogP contribution in [0.2, 0.25) is 0 Å². The normalized spacial score (nSPS) is 11.8. The maximum Gasteiger partial charge on any atom is 0.179 e. The zero-order valence-corrected chi connectivity index (χ0v) is 11.3. The van der Waals surface area contributed by atoms with Gasteiger partial charge in [-0.2, -0.15) is 0 Å². The summed E-state index contributed by atoms with van der Waals surface area (Å²) in [5.74, 6) is 0.793. The molecule has 1 aromatic rings. The maximum absolute atomic E-state index is 11.8. The Morgan fingerprint density at radius 3 is 2.29 bits per heavy atom. The first-order chi connectivity index (χ1) is 7.95. The van der Waals surface area contributed by atoms with E-state index < -0.39 is 9.84 Å². The number of benzene rings is 1. The van der Waals surface area contributed by atoms with Gasteiger partial charge in [-0.3, -0.25) is 0 Å². The Bertz CT molecular complexity index is 437. The molecule has 4 nitrogen and oxygen atoms in total. The highest BCUT2D eigenvalue weighted by atomic mass is 32.2. The van der Waals surface area contributed by atoms with Gasteiger partial charge in [-0.15, -0.1) is 0 Å². The summed E-state index contributed by atoms with van der Waals surface area (Å²) >= 11 is 0. The van der Waals surface area contributed by atoms with Crippen molar-refractivity contribution in [2.45, 2.75) is 24.8 Å². The molecule has 17 heavy (non-hydrogen) atoms. The lowest BCUT2D eigenvalue weighted by Gasteiger charge is -2.10. The van der Waals surface area contributed by atoms with E-state index in [4.69, 9.17) is 4.74 Å². The van der Waals surface area contributed by atoms with Gasteiger partial charge < -0.3 is 10.1 Å². The van der Waals surface area contributed by atoms with Crippen molar-refractivity contribution in [2.24, 2.45) is 0 Å². The van der Waals surface area contributed by atoms with E-state index in [0.717, 1.165) is 0 Å². The SMILES string of the molecule is CNCCS(=O)(=O)c1ccc(OC(C)C)cc1. The zero-order valence-electron chi connectivity index (χ0n) is 10.4. The molecule has 0 radical (unpaired) electrons. The van der Waals surface area contributed by atoms with E-state index in [1.54, 1.807) is 31.3 Å². The van der Waals surface area contributed by atoms with E-state index in [0.29, 0.717) is 17.2 Å². The molecule has 1 N–H and O–H groups in total. The molecule has 0 aliphatic heterocycles. The predicted octanol–water partition coefficient (Wildman–Crippen LogP) is 1.47. The second-order valence-electron chi connectivity index (χ2n) is 4.06. The molecule has 0 aromatic heterocycles. The molecular formula is C12H19NO3S. The third-order valence-corrected chi connectivity index (χ3v) is 3.91. The first-order valence-corrected chi connectivity index (χ1v) is 7.25. The van der Waals surface area contributed by atoms with Gasteiger partial charge in [0, 0.05) is 6.54 Å². The van der Waals surface area contributed by atoms with Crippen molar-refractivity contribution in [3.8, 4) is 5.75 Å². The minimum Gasteiger partial charge on any atom is -0.491 e. The van der Waals surface area contributed by atoms with Gasteiger partial charge in [0.05, 0.1) is 16.8 Å². The molecule has 0 saturated carbocycles. The van der Waals surface area contributed by atoms with Gasteiger partial charge in [-0.05, 0) is 45.2 Å². The van der Waals surface area contributed by atoms with Gasteiger partial charge in [0.1, 0.15) is 5.75 Å². The fraction of sp³-hybridized carbons (Fsp3) is 0.500. The molecular weight excluding hydrogens is 238 g/mol. The molecule has 0 aliphatic rings. The summed E-state index contributed by atoms with van der Waals surface area (Å²) in [5.41, 5.74) is 0. The summed E-state index contributed by atoms with van der Waals surface area (Å²) in [4.78, 5) is 0.337. The minimum atomic E-state index is -3.19. The Morgan fingerprint density at radius 2 is 1.82 bits per heavy atom. The number of nitrogens with one attached hydrogen (secondary N) is 1.